The third kappa shape index (κ3) is 2.18. The number of aromatic nitrogens is 2. The van der Waals surface area contributed by atoms with E-state index in [1.807, 2.05) is 6.92 Å². The van der Waals surface area contributed by atoms with Gasteiger partial charge in [-0.15, -0.1) is 0 Å². The van der Waals surface area contributed by atoms with Crippen LogP contribution in [0.2, 0.25) is 0 Å². The Balaban J connectivity index is 2.48. The fraction of sp³-hybridized carbons (Fsp3) is 0.154. The monoisotopic (exact) mass is 245 g/mol. The lowest BCUT2D eigenvalue weighted by molar-refractivity contribution is 0.577. The van der Waals surface area contributed by atoms with Gasteiger partial charge in [0.2, 0.25) is 0 Å². The van der Waals surface area contributed by atoms with Gasteiger partial charge in [0.1, 0.15) is 23.3 Å². The summed E-state index contributed by atoms with van der Waals surface area (Å²) < 4.78 is 26.8. The van der Waals surface area contributed by atoms with E-state index in [4.69, 9.17) is 5.26 Å². The number of halogens is 2. The molecule has 0 saturated heterocycles. The van der Waals surface area contributed by atoms with Crippen LogP contribution in [0.1, 0.15) is 18.1 Å². The first-order chi connectivity index (χ1) is 8.65. The molecule has 90 valence electrons. The van der Waals surface area contributed by atoms with E-state index in [1.54, 1.807) is 12.4 Å². The van der Waals surface area contributed by atoms with E-state index in [9.17, 15) is 8.78 Å². The number of benzene rings is 1. The van der Waals surface area contributed by atoms with Crippen LogP contribution in [0.3, 0.4) is 0 Å². The summed E-state index contributed by atoms with van der Waals surface area (Å²) in [5.41, 5.74) is 0.559. The van der Waals surface area contributed by atoms with Crippen molar-refractivity contribution in [3.05, 3.63) is 47.3 Å². The van der Waals surface area contributed by atoms with Gasteiger partial charge in [-0.2, -0.15) is 5.26 Å². The molecular formula is C13H9F2N3. The van der Waals surface area contributed by atoms with Crippen LogP contribution in [0.5, 0.6) is 0 Å². The maximum absolute atomic E-state index is 13.4. The number of nitrogens with zero attached hydrogens (tertiary/aromatic N) is 3. The van der Waals surface area contributed by atoms with E-state index >= 15 is 0 Å². The van der Waals surface area contributed by atoms with Crippen LogP contribution in [-0.4, -0.2) is 9.97 Å². The lowest BCUT2D eigenvalue weighted by Crippen LogP contribution is -1.96. The highest BCUT2D eigenvalue weighted by molar-refractivity contribution is 5.57. The summed E-state index contributed by atoms with van der Waals surface area (Å²) >= 11 is 0. The van der Waals surface area contributed by atoms with Gasteiger partial charge in [0, 0.05) is 18.0 Å². The fourth-order valence-electron chi connectivity index (χ4n) is 1.50. The van der Waals surface area contributed by atoms with E-state index in [1.165, 1.54) is 6.07 Å². The SMILES string of the molecule is CCc1cnc(-c2cc(F)c(C#N)c(F)c2)nc1. The van der Waals surface area contributed by atoms with Crippen molar-refractivity contribution in [2.75, 3.05) is 0 Å². The Morgan fingerprint density at radius 2 is 1.72 bits per heavy atom. The summed E-state index contributed by atoms with van der Waals surface area (Å²) in [5.74, 6) is -1.58. The molecule has 0 amide bonds. The second kappa shape index (κ2) is 4.88. The highest BCUT2D eigenvalue weighted by Gasteiger charge is 2.12. The molecule has 0 fully saturated rings. The molecule has 0 aliphatic heterocycles. The van der Waals surface area contributed by atoms with Crippen LogP contribution in [0.25, 0.3) is 11.4 Å². The van der Waals surface area contributed by atoms with E-state index in [0.717, 1.165) is 24.1 Å². The minimum absolute atomic E-state index is 0.214. The molecule has 2 rings (SSSR count). The normalized spacial score (nSPS) is 10.1. The van der Waals surface area contributed by atoms with Gasteiger partial charge in [-0.3, -0.25) is 0 Å². The third-order valence-electron chi connectivity index (χ3n) is 2.53. The number of aryl methyl sites for hydroxylation is 1. The number of hydrogen-bond donors (Lipinski definition) is 0. The van der Waals surface area contributed by atoms with E-state index < -0.39 is 17.2 Å². The highest BCUT2D eigenvalue weighted by atomic mass is 19.1. The van der Waals surface area contributed by atoms with Gasteiger partial charge in [-0.25, -0.2) is 18.7 Å². The molecule has 5 heteroatoms. The summed E-state index contributed by atoms with van der Waals surface area (Å²) in [7, 11) is 0. The molecule has 0 aliphatic carbocycles. The van der Waals surface area contributed by atoms with Gasteiger partial charge in [0.05, 0.1) is 0 Å². The maximum Gasteiger partial charge on any atom is 0.159 e. The average Bonchev–Trinajstić information content (AvgIpc) is 2.38. The second-order valence-electron chi connectivity index (χ2n) is 3.70. The molecular weight excluding hydrogens is 236 g/mol. The third-order valence-corrected chi connectivity index (χ3v) is 2.53. The van der Waals surface area contributed by atoms with Crippen molar-refractivity contribution >= 4 is 0 Å². The number of nitriles is 1. The van der Waals surface area contributed by atoms with Crippen molar-refractivity contribution in [2.24, 2.45) is 0 Å². The highest BCUT2D eigenvalue weighted by Crippen LogP contribution is 2.21. The minimum atomic E-state index is -0.907. The van der Waals surface area contributed by atoms with Gasteiger partial charge in [0.25, 0.3) is 0 Å². The van der Waals surface area contributed by atoms with E-state index in [2.05, 4.69) is 9.97 Å². The van der Waals surface area contributed by atoms with Crippen LogP contribution in [0.15, 0.2) is 24.5 Å². The summed E-state index contributed by atoms with van der Waals surface area (Å²) in [6, 6.07) is 3.59. The Morgan fingerprint density at radius 1 is 1.17 bits per heavy atom. The number of rotatable bonds is 2. The predicted octanol–water partition coefficient (Wildman–Crippen LogP) is 2.86. The molecule has 0 N–H and O–H groups in total. The molecule has 1 aromatic carbocycles. The molecule has 1 aromatic heterocycles. The van der Waals surface area contributed by atoms with Gasteiger partial charge in [-0.05, 0) is 24.1 Å². The fourth-order valence-corrected chi connectivity index (χ4v) is 1.50. The molecule has 0 saturated carbocycles. The summed E-state index contributed by atoms with van der Waals surface area (Å²) in [5, 5.41) is 8.57. The summed E-state index contributed by atoms with van der Waals surface area (Å²) in [6.07, 6.45) is 4.00. The molecule has 1 heterocycles. The average molecular weight is 245 g/mol. The second-order valence-corrected chi connectivity index (χ2v) is 3.70. The molecule has 0 aliphatic rings. The first-order valence-corrected chi connectivity index (χ1v) is 5.36. The van der Waals surface area contributed by atoms with Crippen LogP contribution in [0.4, 0.5) is 8.78 Å². The molecule has 3 nitrogen and oxygen atoms in total. The standard InChI is InChI=1S/C13H9F2N3/c1-2-8-6-17-13(18-7-8)9-3-11(14)10(5-16)12(15)4-9/h3-4,6-7H,2H2,1H3. The zero-order valence-electron chi connectivity index (χ0n) is 9.61. The summed E-state index contributed by atoms with van der Waals surface area (Å²) in [4.78, 5) is 8.06. The van der Waals surface area contributed by atoms with Crippen LogP contribution in [-0.2, 0) is 6.42 Å². The zero-order valence-corrected chi connectivity index (χ0v) is 9.61. The van der Waals surface area contributed by atoms with Crippen molar-refractivity contribution in [1.29, 1.82) is 5.26 Å². The lowest BCUT2D eigenvalue weighted by Gasteiger charge is -2.03. The van der Waals surface area contributed by atoms with Crippen molar-refractivity contribution in [1.82, 2.24) is 9.97 Å². The lowest BCUT2D eigenvalue weighted by atomic mass is 10.1. The Morgan fingerprint density at radius 3 is 2.17 bits per heavy atom. The molecule has 18 heavy (non-hydrogen) atoms. The molecule has 0 bridgehead atoms. The Kier molecular flexibility index (Phi) is 3.28. The largest absolute Gasteiger partial charge is 0.236 e. The maximum atomic E-state index is 13.4. The topological polar surface area (TPSA) is 49.6 Å². The molecule has 0 unspecified atom stereocenters. The smallest absolute Gasteiger partial charge is 0.159 e. The number of hydrogen-bond acceptors (Lipinski definition) is 3. The first kappa shape index (κ1) is 12.1. The van der Waals surface area contributed by atoms with Gasteiger partial charge in [0.15, 0.2) is 5.82 Å². The van der Waals surface area contributed by atoms with Crippen LogP contribution in [0, 0.1) is 23.0 Å². The minimum Gasteiger partial charge on any atom is -0.236 e. The Hall–Kier alpha value is -2.35. The molecule has 0 atom stereocenters. The predicted molar refractivity (Wildman–Crippen MR) is 61.5 cm³/mol. The van der Waals surface area contributed by atoms with Crippen LogP contribution >= 0.6 is 0 Å². The zero-order chi connectivity index (χ0) is 13.1. The molecule has 0 radical (unpaired) electrons. The van der Waals surface area contributed by atoms with E-state index in [-0.39, 0.29) is 11.4 Å². The van der Waals surface area contributed by atoms with Crippen LogP contribution < -0.4 is 0 Å². The Labute approximate surface area is 103 Å². The van der Waals surface area contributed by atoms with Crippen molar-refractivity contribution in [3.8, 4) is 17.5 Å². The van der Waals surface area contributed by atoms with E-state index in [0.29, 0.717) is 0 Å². The molecule has 2 aromatic rings. The van der Waals surface area contributed by atoms with Crippen molar-refractivity contribution < 1.29 is 8.78 Å². The van der Waals surface area contributed by atoms with Crippen molar-refractivity contribution in [2.45, 2.75) is 13.3 Å². The quantitative estimate of drug-likeness (QED) is 0.817. The van der Waals surface area contributed by atoms with Gasteiger partial charge < -0.3 is 0 Å². The molecule has 0 spiro atoms. The summed E-state index contributed by atoms with van der Waals surface area (Å²) in [6.45, 7) is 1.96. The first-order valence-electron chi connectivity index (χ1n) is 5.36. The van der Waals surface area contributed by atoms with Gasteiger partial charge in [-0.1, -0.05) is 6.92 Å². The Bertz CT molecular complexity index is 592. The van der Waals surface area contributed by atoms with Crippen molar-refractivity contribution in [3.63, 3.8) is 0 Å². The van der Waals surface area contributed by atoms with Gasteiger partial charge >= 0.3 is 0 Å².